The van der Waals surface area contributed by atoms with Gasteiger partial charge in [0.05, 0.1) is 6.61 Å². The standard InChI is InChI=1S/C16H25NO/c1-2-16(17)14-8-10-15(11-9-14)18-12-13-6-4-3-5-7-13/h8-11,13,16H,2-7,12,17H2,1H3. The van der Waals surface area contributed by atoms with Crippen molar-refractivity contribution in [2.75, 3.05) is 6.61 Å². The van der Waals surface area contributed by atoms with Crippen molar-refractivity contribution >= 4 is 0 Å². The van der Waals surface area contributed by atoms with Gasteiger partial charge in [-0.05, 0) is 42.9 Å². The van der Waals surface area contributed by atoms with Crippen molar-refractivity contribution in [3.8, 4) is 5.75 Å². The summed E-state index contributed by atoms with van der Waals surface area (Å²) in [5, 5.41) is 0. The zero-order chi connectivity index (χ0) is 12.8. The van der Waals surface area contributed by atoms with Crippen molar-refractivity contribution in [3.05, 3.63) is 29.8 Å². The van der Waals surface area contributed by atoms with E-state index in [2.05, 4.69) is 19.1 Å². The number of ether oxygens (including phenoxy) is 1. The van der Waals surface area contributed by atoms with E-state index in [0.717, 1.165) is 24.7 Å². The van der Waals surface area contributed by atoms with E-state index in [-0.39, 0.29) is 6.04 Å². The maximum atomic E-state index is 5.99. The molecule has 2 rings (SSSR count). The molecular formula is C16H25NO. The van der Waals surface area contributed by atoms with Crippen molar-refractivity contribution in [2.45, 2.75) is 51.5 Å². The number of hydrogen-bond acceptors (Lipinski definition) is 2. The highest BCUT2D eigenvalue weighted by Gasteiger charge is 2.13. The first-order valence-electron chi connectivity index (χ1n) is 7.28. The zero-order valence-corrected chi connectivity index (χ0v) is 11.4. The highest BCUT2D eigenvalue weighted by Crippen LogP contribution is 2.25. The van der Waals surface area contributed by atoms with Gasteiger partial charge in [-0.3, -0.25) is 0 Å². The lowest BCUT2D eigenvalue weighted by molar-refractivity contribution is 0.209. The molecular weight excluding hydrogens is 222 g/mol. The molecule has 1 aromatic rings. The topological polar surface area (TPSA) is 35.2 Å². The van der Waals surface area contributed by atoms with E-state index < -0.39 is 0 Å². The number of nitrogens with two attached hydrogens (primary N) is 1. The smallest absolute Gasteiger partial charge is 0.119 e. The molecule has 1 aliphatic carbocycles. The molecule has 2 nitrogen and oxygen atoms in total. The third-order valence-corrected chi connectivity index (χ3v) is 3.96. The number of hydrogen-bond donors (Lipinski definition) is 1. The molecule has 0 aliphatic heterocycles. The quantitative estimate of drug-likeness (QED) is 0.851. The van der Waals surface area contributed by atoms with E-state index in [1.54, 1.807) is 0 Å². The minimum absolute atomic E-state index is 0.150. The van der Waals surface area contributed by atoms with Crippen molar-refractivity contribution < 1.29 is 4.74 Å². The molecule has 18 heavy (non-hydrogen) atoms. The minimum atomic E-state index is 0.150. The summed E-state index contributed by atoms with van der Waals surface area (Å²) < 4.78 is 5.87. The SMILES string of the molecule is CCC(N)c1ccc(OCC2CCCCC2)cc1. The van der Waals surface area contributed by atoms with Crippen LogP contribution in [0.2, 0.25) is 0 Å². The lowest BCUT2D eigenvalue weighted by Gasteiger charge is -2.21. The number of rotatable bonds is 5. The maximum Gasteiger partial charge on any atom is 0.119 e. The average Bonchev–Trinajstić information content (AvgIpc) is 2.46. The zero-order valence-electron chi connectivity index (χ0n) is 11.4. The van der Waals surface area contributed by atoms with Crippen molar-refractivity contribution in [1.29, 1.82) is 0 Å². The van der Waals surface area contributed by atoms with Crippen LogP contribution < -0.4 is 10.5 Å². The van der Waals surface area contributed by atoms with E-state index in [0.29, 0.717) is 0 Å². The summed E-state index contributed by atoms with van der Waals surface area (Å²) in [5.41, 5.74) is 7.19. The fraction of sp³-hybridized carbons (Fsp3) is 0.625. The van der Waals surface area contributed by atoms with E-state index in [1.807, 2.05) is 12.1 Å². The fourth-order valence-corrected chi connectivity index (χ4v) is 2.61. The molecule has 0 radical (unpaired) electrons. The maximum absolute atomic E-state index is 5.99. The summed E-state index contributed by atoms with van der Waals surface area (Å²) in [4.78, 5) is 0. The van der Waals surface area contributed by atoms with Gasteiger partial charge in [0.15, 0.2) is 0 Å². The second kappa shape index (κ2) is 6.79. The molecule has 100 valence electrons. The van der Waals surface area contributed by atoms with Gasteiger partial charge in [-0.1, -0.05) is 38.3 Å². The molecule has 0 spiro atoms. The molecule has 1 fully saturated rings. The Bertz CT molecular complexity index is 341. The Balaban J connectivity index is 1.82. The Morgan fingerprint density at radius 2 is 1.83 bits per heavy atom. The molecule has 0 bridgehead atoms. The Labute approximate surface area is 111 Å². The van der Waals surface area contributed by atoms with Gasteiger partial charge in [0.25, 0.3) is 0 Å². The molecule has 0 heterocycles. The van der Waals surface area contributed by atoms with Crippen LogP contribution in [0.25, 0.3) is 0 Å². The van der Waals surface area contributed by atoms with Gasteiger partial charge in [0, 0.05) is 6.04 Å². The number of benzene rings is 1. The summed E-state index contributed by atoms with van der Waals surface area (Å²) in [7, 11) is 0. The van der Waals surface area contributed by atoms with Crippen molar-refractivity contribution in [1.82, 2.24) is 0 Å². The van der Waals surface area contributed by atoms with Crippen LogP contribution >= 0.6 is 0 Å². The van der Waals surface area contributed by atoms with Crippen LogP contribution in [0.5, 0.6) is 5.75 Å². The van der Waals surface area contributed by atoms with Gasteiger partial charge in [-0.15, -0.1) is 0 Å². The third kappa shape index (κ3) is 3.74. The molecule has 2 heteroatoms. The Hall–Kier alpha value is -1.02. The van der Waals surface area contributed by atoms with Gasteiger partial charge in [0.1, 0.15) is 5.75 Å². The summed E-state index contributed by atoms with van der Waals surface area (Å²) >= 11 is 0. The lowest BCUT2D eigenvalue weighted by Crippen LogP contribution is -2.15. The van der Waals surface area contributed by atoms with E-state index in [4.69, 9.17) is 10.5 Å². The molecule has 1 aromatic carbocycles. The normalized spacial score (nSPS) is 18.6. The lowest BCUT2D eigenvalue weighted by atomic mass is 9.90. The second-order valence-electron chi connectivity index (χ2n) is 5.40. The van der Waals surface area contributed by atoms with Crippen molar-refractivity contribution in [3.63, 3.8) is 0 Å². The second-order valence-corrected chi connectivity index (χ2v) is 5.40. The van der Waals surface area contributed by atoms with Gasteiger partial charge < -0.3 is 10.5 Å². The van der Waals surface area contributed by atoms with Crippen LogP contribution in [0, 0.1) is 5.92 Å². The van der Waals surface area contributed by atoms with E-state index >= 15 is 0 Å². The minimum Gasteiger partial charge on any atom is -0.493 e. The predicted octanol–water partition coefficient (Wildman–Crippen LogP) is 4.06. The molecule has 0 saturated heterocycles. The van der Waals surface area contributed by atoms with Crippen LogP contribution in [0.3, 0.4) is 0 Å². The fourth-order valence-electron chi connectivity index (χ4n) is 2.61. The van der Waals surface area contributed by atoms with Gasteiger partial charge >= 0.3 is 0 Å². The predicted molar refractivity (Wildman–Crippen MR) is 75.7 cm³/mol. The summed E-state index contributed by atoms with van der Waals surface area (Å²) in [6.45, 7) is 2.98. The van der Waals surface area contributed by atoms with Crippen LogP contribution in [0.15, 0.2) is 24.3 Å². The Kier molecular flexibility index (Phi) is 5.06. The first-order valence-corrected chi connectivity index (χ1v) is 7.28. The van der Waals surface area contributed by atoms with Crippen LogP contribution in [-0.4, -0.2) is 6.61 Å². The Morgan fingerprint density at radius 1 is 1.17 bits per heavy atom. The summed E-state index contributed by atoms with van der Waals surface area (Å²) in [5.74, 6) is 1.74. The van der Waals surface area contributed by atoms with Crippen molar-refractivity contribution in [2.24, 2.45) is 11.7 Å². The molecule has 1 unspecified atom stereocenters. The first kappa shape index (κ1) is 13.4. The Morgan fingerprint density at radius 3 is 2.44 bits per heavy atom. The molecule has 0 aromatic heterocycles. The molecule has 1 aliphatic rings. The highest BCUT2D eigenvalue weighted by molar-refractivity contribution is 5.28. The monoisotopic (exact) mass is 247 g/mol. The van der Waals surface area contributed by atoms with Gasteiger partial charge in [-0.25, -0.2) is 0 Å². The van der Waals surface area contributed by atoms with E-state index in [9.17, 15) is 0 Å². The van der Waals surface area contributed by atoms with Crippen LogP contribution in [-0.2, 0) is 0 Å². The molecule has 1 saturated carbocycles. The van der Waals surface area contributed by atoms with Gasteiger partial charge in [-0.2, -0.15) is 0 Å². The van der Waals surface area contributed by atoms with Crippen LogP contribution in [0.4, 0.5) is 0 Å². The summed E-state index contributed by atoms with van der Waals surface area (Å²) in [6, 6.07) is 8.42. The van der Waals surface area contributed by atoms with E-state index in [1.165, 1.54) is 37.7 Å². The third-order valence-electron chi connectivity index (χ3n) is 3.96. The molecule has 1 atom stereocenters. The molecule has 0 amide bonds. The first-order chi connectivity index (χ1) is 8.79. The highest BCUT2D eigenvalue weighted by atomic mass is 16.5. The molecule has 2 N–H and O–H groups in total. The summed E-state index contributed by atoms with van der Waals surface area (Å²) in [6.07, 6.45) is 7.79. The van der Waals surface area contributed by atoms with Gasteiger partial charge in [0.2, 0.25) is 0 Å². The largest absolute Gasteiger partial charge is 0.493 e. The average molecular weight is 247 g/mol. The van der Waals surface area contributed by atoms with Crippen LogP contribution in [0.1, 0.15) is 57.1 Å².